The zero-order valence-corrected chi connectivity index (χ0v) is 14.7. The number of nitrogens with zero attached hydrogens (tertiary/aromatic N) is 1. The molecular weight excluding hydrogens is 310 g/mol. The summed E-state index contributed by atoms with van der Waals surface area (Å²) in [5.41, 5.74) is 2.40. The highest BCUT2D eigenvalue weighted by Gasteiger charge is 2.19. The number of carbonyl (C=O) groups is 2. The molecule has 1 aliphatic heterocycles. The minimum Gasteiger partial charge on any atom is -0.337 e. The van der Waals surface area contributed by atoms with Crippen molar-refractivity contribution in [2.75, 3.05) is 43.5 Å². The van der Waals surface area contributed by atoms with Crippen molar-refractivity contribution in [2.24, 2.45) is 0 Å². The van der Waals surface area contributed by atoms with Crippen LogP contribution in [-0.2, 0) is 4.79 Å². The van der Waals surface area contributed by atoms with E-state index in [1.54, 1.807) is 6.07 Å². The van der Waals surface area contributed by atoms with Crippen LogP contribution in [0.4, 0.5) is 5.69 Å². The fourth-order valence-corrected chi connectivity index (χ4v) is 3.43. The molecule has 1 fully saturated rings. The van der Waals surface area contributed by atoms with Crippen LogP contribution >= 0.6 is 11.8 Å². The largest absolute Gasteiger partial charge is 0.337 e. The van der Waals surface area contributed by atoms with E-state index in [9.17, 15) is 9.59 Å². The summed E-state index contributed by atoms with van der Waals surface area (Å²) in [4.78, 5) is 26.3. The molecule has 0 unspecified atom stereocenters. The molecule has 0 atom stereocenters. The first-order valence-corrected chi connectivity index (χ1v) is 9.19. The smallest absolute Gasteiger partial charge is 0.253 e. The number of hydrogen-bond acceptors (Lipinski definition) is 4. The van der Waals surface area contributed by atoms with Crippen LogP contribution in [0.3, 0.4) is 0 Å². The maximum absolute atomic E-state index is 12.5. The summed E-state index contributed by atoms with van der Waals surface area (Å²) >= 11 is 1.89. The number of hydrogen-bond donors (Lipinski definition) is 2. The zero-order chi connectivity index (χ0) is 16.7. The van der Waals surface area contributed by atoms with Gasteiger partial charge in [0.05, 0.1) is 0 Å². The molecule has 1 aliphatic rings. The number of benzene rings is 1. The topological polar surface area (TPSA) is 61.4 Å². The van der Waals surface area contributed by atoms with Crippen LogP contribution in [0.15, 0.2) is 18.2 Å². The highest BCUT2D eigenvalue weighted by atomic mass is 32.2. The molecule has 2 rings (SSSR count). The molecule has 23 heavy (non-hydrogen) atoms. The van der Waals surface area contributed by atoms with Crippen LogP contribution in [0, 0.1) is 6.92 Å². The summed E-state index contributed by atoms with van der Waals surface area (Å²) < 4.78 is 0. The SMILES string of the molecule is CNCCCC(=O)Nc1ccc(C(=O)N2CCSCC2)cc1C. The van der Waals surface area contributed by atoms with Gasteiger partial charge in [-0.3, -0.25) is 9.59 Å². The molecular formula is C17H25N3O2S. The summed E-state index contributed by atoms with van der Waals surface area (Å²) in [5, 5.41) is 5.95. The standard InChI is InChI=1S/C17H25N3O2S/c1-13-12-14(17(22)20-8-10-23-11-9-20)5-6-15(13)19-16(21)4-3-7-18-2/h5-6,12,18H,3-4,7-11H2,1-2H3,(H,19,21). The van der Waals surface area contributed by atoms with Crippen LogP contribution in [0.1, 0.15) is 28.8 Å². The molecule has 1 aromatic carbocycles. The van der Waals surface area contributed by atoms with Crippen molar-refractivity contribution in [1.82, 2.24) is 10.2 Å². The Bertz CT molecular complexity index is 557. The maximum Gasteiger partial charge on any atom is 0.253 e. The minimum atomic E-state index is 0.00971. The van der Waals surface area contributed by atoms with E-state index in [2.05, 4.69) is 10.6 Å². The van der Waals surface area contributed by atoms with E-state index >= 15 is 0 Å². The Morgan fingerprint density at radius 1 is 1.26 bits per heavy atom. The first kappa shape index (κ1) is 17.8. The lowest BCUT2D eigenvalue weighted by Crippen LogP contribution is -2.37. The quantitative estimate of drug-likeness (QED) is 0.782. The summed E-state index contributed by atoms with van der Waals surface area (Å²) in [6.45, 7) is 4.37. The van der Waals surface area contributed by atoms with Crippen molar-refractivity contribution < 1.29 is 9.59 Å². The first-order valence-electron chi connectivity index (χ1n) is 8.04. The van der Waals surface area contributed by atoms with Crippen molar-refractivity contribution >= 4 is 29.3 Å². The number of nitrogens with one attached hydrogen (secondary N) is 2. The van der Waals surface area contributed by atoms with E-state index in [1.807, 2.05) is 42.8 Å². The fraction of sp³-hybridized carbons (Fsp3) is 0.529. The van der Waals surface area contributed by atoms with Gasteiger partial charge in [-0.2, -0.15) is 11.8 Å². The van der Waals surface area contributed by atoms with Gasteiger partial charge < -0.3 is 15.5 Å². The molecule has 0 bridgehead atoms. The number of carbonyl (C=O) groups excluding carboxylic acids is 2. The molecule has 0 aliphatic carbocycles. The van der Waals surface area contributed by atoms with E-state index in [1.165, 1.54) is 0 Å². The number of amides is 2. The van der Waals surface area contributed by atoms with Gasteiger partial charge in [0.2, 0.25) is 5.91 Å². The second-order valence-corrected chi connectivity index (χ2v) is 6.91. The van der Waals surface area contributed by atoms with Crippen LogP contribution in [0.25, 0.3) is 0 Å². The molecule has 0 spiro atoms. The van der Waals surface area contributed by atoms with Gasteiger partial charge in [0.25, 0.3) is 5.91 Å². The lowest BCUT2D eigenvalue weighted by atomic mass is 10.1. The lowest BCUT2D eigenvalue weighted by molar-refractivity contribution is -0.116. The Hall–Kier alpha value is -1.53. The Morgan fingerprint density at radius 2 is 2.00 bits per heavy atom. The van der Waals surface area contributed by atoms with Gasteiger partial charge in [0.1, 0.15) is 0 Å². The molecule has 1 heterocycles. The predicted octanol–water partition coefficient (Wildman–Crippen LogP) is 2.12. The highest BCUT2D eigenvalue weighted by molar-refractivity contribution is 7.99. The third-order valence-corrected chi connectivity index (χ3v) is 4.82. The number of thioether (sulfide) groups is 1. The second-order valence-electron chi connectivity index (χ2n) is 5.69. The predicted molar refractivity (Wildman–Crippen MR) is 96.2 cm³/mol. The first-order chi connectivity index (χ1) is 11.1. The van der Waals surface area contributed by atoms with Gasteiger partial charge in [-0.25, -0.2) is 0 Å². The summed E-state index contributed by atoms with van der Waals surface area (Å²) in [6, 6.07) is 5.50. The molecule has 0 aromatic heterocycles. The Balaban J connectivity index is 1.97. The van der Waals surface area contributed by atoms with Gasteiger partial charge in [0.15, 0.2) is 0 Å². The Morgan fingerprint density at radius 3 is 2.65 bits per heavy atom. The Kier molecular flexibility index (Phi) is 6.92. The molecule has 6 heteroatoms. The molecule has 2 N–H and O–H groups in total. The van der Waals surface area contributed by atoms with Gasteiger partial charge in [0, 0.05) is 42.3 Å². The van der Waals surface area contributed by atoms with E-state index < -0.39 is 0 Å². The maximum atomic E-state index is 12.5. The van der Waals surface area contributed by atoms with Gasteiger partial charge in [-0.05, 0) is 50.7 Å². The summed E-state index contributed by atoms with van der Waals surface area (Å²) in [5.74, 6) is 2.10. The molecule has 0 saturated carbocycles. The van der Waals surface area contributed by atoms with Crippen LogP contribution in [0.5, 0.6) is 0 Å². The van der Waals surface area contributed by atoms with Crippen molar-refractivity contribution in [3.8, 4) is 0 Å². The highest BCUT2D eigenvalue weighted by Crippen LogP contribution is 2.19. The minimum absolute atomic E-state index is 0.00971. The van der Waals surface area contributed by atoms with Gasteiger partial charge in [-0.15, -0.1) is 0 Å². The number of anilines is 1. The zero-order valence-electron chi connectivity index (χ0n) is 13.9. The van der Waals surface area contributed by atoms with Crippen molar-refractivity contribution in [1.29, 1.82) is 0 Å². The average Bonchev–Trinajstić information content (AvgIpc) is 2.57. The molecule has 0 radical (unpaired) electrons. The number of aryl methyl sites for hydroxylation is 1. The van der Waals surface area contributed by atoms with Gasteiger partial charge >= 0.3 is 0 Å². The second kappa shape index (κ2) is 8.93. The fourth-order valence-electron chi connectivity index (χ4n) is 2.52. The van der Waals surface area contributed by atoms with Crippen LogP contribution in [-0.4, -0.2) is 54.9 Å². The third kappa shape index (κ3) is 5.25. The molecule has 1 aromatic rings. The van der Waals surface area contributed by atoms with Crippen molar-refractivity contribution in [3.63, 3.8) is 0 Å². The lowest BCUT2D eigenvalue weighted by Gasteiger charge is -2.26. The van der Waals surface area contributed by atoms with E-state index in [-0.39, 0.29) is 11.8 Å². The summed E-state index contributed by atoms with van der Waals surface area (Å²) in [7, 11) is 1.87. The van der Waals surface area contributed by atoms with E-state index in [0.717, 1.165) is 48.8 Å². The molecule has 2 amide bonds. The third-order valence-electron chi connectivity index (χ3n) is 3.88. The summed E-state index contributed by atoms with van der Waals surface area (Å²) in [6.07, 6.45) is 1.30. The van der Waals surface area contributed by atoms with Crippen molar-refractivity contribution in [3.05, 3.63) is 29.3 Å². The molecule has 126 valence electrons. The molecule has 1 saturated heterocycles. The van der Waals surface area contributed by atoms with Crippen LogP contribution in [0.2, 0.25) is 0 Å². The van der Waals surface area contributed by atoms with E-state index in [0.29, 0.717) is 12.0 Å². The average molecular weight is 335 g/mol. The van der Waals surface area contributed by atoms with Crippen molar-refractivity contribution in [2.45, 2.75) is 19.8 Å². The van der Waals surface area contributed by atoms with Gasteiger partial charge in [-0.1, -0.05) is 0 Å². The van der Waals surface area contributed by atoms with Crippen LogP contribution < -0.4 is 10.6 Å². The monoisotopic (exact) mass is 335 g/mol. The van der Waals surface area contributed by atoms with E-state index in [4.69, 9.17) is 0 Å². The molecule has 5 nitrogen and oxygen atoms in total. The Labute approximate surface area is 142 Å². The number of rotatable bonds is 6. The normalized spacial score (nSPS) is 14.6.